The van der Waals surface area contributed by atoms with Crippen molar-refractivity contribution in [2.75, 3.05) is 13.6 Å². The molecule has 0 aromatic heterocycles. The van der Waals surface area contributed by atoms with Crippen LogP contribution in [0.3, 0.4) is 0 Å². The maximum Gasteiger partial charge on any atom is 0.257 e. The highest BCUT2D eigenvalue weighted by atomic mass is 19.1. The van der Waals surface area contributed by atoms with Crippen molar-refractivity contribution in [3.05, 3.63) is 34.9 Å². The lowest BCUT2D eigenvalue weighted by atomic mass is 10.1. The summed E-state index contributed by atoms with van der Waals surface area (Å²) in [7, 11) is 1.39. The number of likely N-dealkylation sites (N-methyl/N-ethyl adjacent to an activating group) is 1. The molecule has 2 N–H and O–H groups in total. The van der Waals surface area contributed by atoms with E-state index in [9.17, 15) is 18.4 Å². The molecular formula is C11H12F2N2O2. The van der Waals surface area contributed by atoms with Gasteiger partial charge in [-0.2, -0.15) is 0 Å². The molecule has 0 aliphatic rings. The van der Waals surface area contributed by atoms with Crippen LogP contribution in [0.1, 0.15) is 15.9 Å². The average molecular weight is 242 g/mol. The first-order valence-corrected chi connectivity index (χ1v) is 4.90. The van der Waals surface area contributed by atoms with Crippen LogP contribution >= 0.6 is 0 Å². The molecule has 0 aliphatic carbocycles. The van der Waals surface area contributed by atoms with Crippen molar-refractivity contribution < 1.29 is 18.4 Å². The number of halogens is 2. The Morgan fingerprint density at radius 1 is 1.24 bits per heavy atom. The summed E-state index contributed by atoms with van der Waals surface area (Å²) in [6.07, 6.45) is 0. The van der Waals surface area contributed by atoms with E-state index in [1.807, 2.05) is 0 Å². The van der Waals surface area contributed by atoms with Gasteiger partial charge in [0.2, 0.25) is 5.91 Å². The molecule has 17 heavy (non-hydrogen) atoms. The first-order valence-electron chi connectivity index (χ1n) is 4.90. The summed E-state index contributed by atoms with van der Waals surface area (Å²) in [5, 5.41) is 4.39. The van der Waals surface area contributed by atoms with Gasteiger partial charge in [-0.3, -0.25) is 9.59 Å². The van der Waals surface area contributed by atoms with Crippen LogP contribution in [0.2, 0.25) is 0 Å². The van der Waals surface area contributed by atoms with Gasteiger partial charge in [-0.25, -0.2) is 8.78 Å². The van der Waals surface area contributed by atoms with Gasteiger partial charge in [0.25, 0.3) is 5.91 Å². The second-order valence-corrected chi connectivity index (χ2v) is 3.46. The molecule has 0 saturated carbocycles. The maximum absolute atomic E-state index is 13.4. The number of hydrogen-bond acceptors (Lipinski definition) is 2. The van der Waals surface area contributed by atoms with Crippen LogP contribution in [0.4, 0.5) is 8.78 Å². The Morgan fingerprint density at radius 3 is 2.24 bits per heavy atom. The number of nitrogens with one attached hydrogen (secondary N) is 2. The van der Waals surface area contributed by atoms with Gasteiger partial charge in [-0.1, -0.05) is 0 Å². The largest absolute Gasteiger partial charge is 0.358 e. The number of carbonyl (C=O) groups excluding carboxylic acids is 2. The van der Waals surface area contributed by atoms with Crippen LogP contribution < -0.4 is 10.6 Å². The Bertz CT molecular complexity index is 438. The Labute approximate surface area is 97.0 Å². The predicted octanol–water partition coefficient (Wildman–Crippen LogP) is 0.749. The van der Waals surface area contributed by atoms with E-state index in [0.717, 1.165) is 12.1 Å². The summed E-state index contributed by atoms with van der Waals surface area (Å²) in [6.45, 7) is 1.18. The molecule has 2 amide bonds. The third kappa shape index (κ3) is 3.24. The lowest BCUT2D eigenvalue weighted by molar-refractivity contribution is -0.119. The molecule has 0 unspecified atom stereocenters. The monoisotopic (exact) mass is 242 g/mol. The predicted molar refractivity (Wildman–Crippen MR) is 57.5 cm³/mol. The number of benzene rings is 1. The summed E-state index contributed by atoms with van der Waals surface area (Å²) in [6, 6.07) is 2.11. The zero-order valence-corrected chi connectivity index (χ0v) is 9.43. The summed E-state index contributed by atoms with van der Waals surface area (Å²) < 4.78 is 26.7. The van der Waals surface area contributed by atoms with Crippen molar-refractivity contribution in [2.45, 2.75) is 6.92 Å². The molecule has 0 atom stereocenters. The van der Waals surface area contributed by atoms with Crippen LogP contribution in [0.25, 0.3) is 0 Å². The smallest absolute Gasteiger partial charge is 0.257 e. The summed E-state index contributed by atoms with van der Waals surface area (Å²) >= 11 is 0. The van der Waals surface area contributed by atoms with Crippen LogP contribution in [-0.2, 0) is 4.79 Å². The van der Waals surface area contributed by atoms with Crippen molar-refractivity contribution in [3.63, 3.8) is 0 Å². The average Bonchev–Trinajstić information content (AvgIpc) is 2.24. The zero-order valence-electron chi connectivity index (χ0n) is 9.43. The quantitative estimate of drug-likeness (QED) is 0.821. The molecule has 1 aromatic carbocycles. The maximum atomic E-state index is 13.4. The van der Waals surface area contributed by atoms with E-state index in [0.29, 0.717) is 5.56 Å². The van der Waals surface area contributed by atoms with Crippen LogP contribution in [-0.4, -0.2) is 25.4 Å². The molecule has 6 heteroatoms. The van der Waals surface area contributed by atoms with E-state index >= 15 is 0 Å². The minimum Gasteiger partial charge on any atom is -0.358 e. The molecule has 0 aliphatic heterocycles. The van der Waals surface area contributed by atoms with Crippen LogP contribution in [0.15, 0.2) is 12.1 Å². The second kappa shape index (κ2) is 5.38. The van der Waals surface area contributed by atoms with Crippen molar-refractivity contribution in [1.82, 2.24) is 10.6 Å². The first kappa shape index (κ1) is 13.1. The molecule has 0 fully saturated rings. The Hall–Kier alpha value is -1.98. The van der Waals surface area contributed by atoms with E-state index in [-0.39, 0.29) is 6.54 Å². The molecule has 0 radical (unpaired) electrons. The van der Waals surface area contributed by atoms with E-state index in [1.54, 1.807) is 0 Å². The third-order valence-corrected chi connectivity index (χ3v) is 2.10. The minimum atomic E-state index is -0.955. The standard InChI is InChI=1S/C11H12F2N2O2/c1-6-3-7(12)10(8(13)4-6)11(17)15-5-9(16)14-2/h3-4H,5H2,1-2H3,(H,14,16)(H,15,17). The van der Waals surface area contributed by atoms with Gasteiger partial charge in [-0.05, 0) is 24.6 Å². The summed E-state index contributed by atoms with van der Waals surface area (Å²) in [4.78, 5) is 22.3. The molecule has 0 heterocycles. The van der Waals surface area contributed by atoms with Crippen LogP contribution in [0.5, 0.6) is 0 Å². The SMILES string of the molecule is CNC(=O)CNC(=O)c1c(F)cc(C)cc1F. The van der Waals surface area contributed by atoms with Crippen molar-refractivity contribution in [3.8, 4) is 0 Å². The van der Waals surface area contributed by atoms with E-state index in [2.05, 4.69) is 10.6 Å². The Morgan fingerprint density at radius 2 is 1.76 bits per heavy atom. The van der Waals surface area contributed by atoms with E-state index in [1.165, 1.54) is 14.0 Å². The van der Waals surface area contributed by atoms with Gasteiger partial charge >= 0.3 is 0 Å². The fourth-order valence-electron chi connectivity index (χ4n) is 1.25. The molecule has 0 saturated heterocycles. The number of rotatable bonds is 3. The highest BCUT2D eigenvalue weighted by Gasteiger charge is 2.18. The van der Waals surface area contributed by atoms with Gasteiger partial charge in [0.15, 0.2) is 0 Å². The first-order chi connectivity index (χ1) is 7.95. The fourth-order valence-corrected chi connectivity index (χ4v) is 1.25. The topological polar surface area (TPSA) is 58.2 Å². The number of hydrogen-bond donors (Lipinski definition) is 2. The highest BCUT2D eigenvalue weighted by molar-refractivity contribution is 5.96. The third-order valence-electron chi connectivity index (χ3n) is 2.10. The molecule has 1 rings (SSSR count). The summed E-state index contributed by atoms with van der Waals surface area (Å²) in [5.41, 5.74) is -0.303. The minimum absolute atomic E-state index is 0.331. The van der Waals surface area contributed by atoms with E-state index < -0.39 is 29.0 Å². The van der Waals surface area contributed by atoms with Crippen LogP contribution in [0, 0.1) is 18.6 Å². The lowest BCUT2D eigenvalue weighted by Crippen LogP contribution is -2.35. The van der Waals surface area contributed by atoms with Gasteiger partial charge in [0, 0.05) is 7.05 Å². The molecule has 0 bridgehead atoms. The normalized spacial score (nSPS) is 9.88. The van der Waals surface area contributed by atoms with Crippen molar-refractivity contribution in [2.24, 2.45) is 0 Å². The fraction of sp³-hybridized carbons (Fsp3) is 0.273. The van der Waals surface area contributed by atoms with E-state index in [4.69, 9.17) is 0 Å². The molecule has 1 aromatic rings. The summed E-state index contributed by atoms with van der Waals surface area (Å²) in [5.74, 6) is -3.30. The van der Waals surface area contributed by atoms with Crippen molar-refractivity contribution >= 4 is 11.8 Å². The van der Waals surface area contributed by atoms with Gasteiger partial charge in [0.05, 0.1) is 6.54 Å². The van der Waals surface area contributed by atoms with Crippen molar-refractivity contribution in [1.29, 1.82) is 0 Å². The molecule has 4 nitrogen and oxygen atoms in total. The molecule has 0 spiro atoms. The highest BCUT2D eigenvalue weighted by Crippen LogP contribution is 2.14. The number of aryl methyl sites for hydroxylation is 1. The number of amides is 2. The lowest BCUT2D eigenvalue weighted by Gasteiger charge is -2.07. The molecular weight excluding hydrogens is 230 g/mol. The Balaban J connectivity index is 2.86. The van der Waals surface area contributed by atoms with Gasteiger partial charge < -0.3 is 10.6 Å². The Kier molecular flexibility index (Phi) is 4.14. The van der Waals surface area contributed by atoms with Gasteiger partial charge in [-0.15, -0.1) is 0 Å². The second-order valence-electron chi connectivity index (χ2n) is 3.46. The number of carbonyl (C=O) groups is 2. The zero-order chi connectivity index (χ0) is 13.0. The molecule has 92 valence electrons. The van der Waals surface area contributed by atoms with Gasteiger partial charge in [0.1, 0.15) is 17.2 Å².